The zero-order valence-electron chi connectivity index (χ0n) is 28.0. The van der Waals surface area contributed by atoms with Crippen LogP contribution in [0.1, 0.15) is 31.3 Å². The van der Waals surface area contributed by atoms with Crippen molar-refractivity contribution in [3.63, 3.8) is 0 Å². The third-order valence-corrected chi connectivity index (χ3v) is 8.13. The van der Waals surface area contributed by atoms with Gasteiger partial charge in [-0.05, 0) is 50.2 Å². The van der Waals surface area contributed by atoms with E-state index in [1.165, 1.54) is 0 Å². The number of aromatic nitrogens is 3. The van der Waals surface area contributed by atoms with Crippen molar-refractivity contribution in [3.8, 4) is 0 Å². The molecule has 260 valence electrons. The Labute approximate surface area is 282 Å². The molecule has 2 aromatic heterocycles. The fourth-order valence-electron chi connectivity index (χ4n) is 5.55. The van der Waals surface area contributed by atoms with Crippen LogP contribution < -0.4 is 21.0 Å². The van der Waals surface area contributed by atoms with Gasteiger partial charge in [-0.25, -0.2) is 15.0 Å². The van der Waals surface area contributed by atoms with Gasteiger partial charge in [-0.1, -0.05) is 12.1 Å². The summed E-state index contributed by atoms with van der Waals surface area (Å²) in [5.41, 5.74) is 7.31. The molecule has 14 heteroatoms. The second-order valence-electron chi connectivity index (χ2n) is 12.1. The van der Waals surface area contributed by atoms with Crippen molar-refractivity contribution < 1.29 is 24.4 Å². The van der Waals surface area contributed by atoms with Gasteiger partial charge in [0.25, 0.3) is 0 Å². The molecule has 1 saturated heterocycles. The summed E-state index contributed by atoms with van der Waals surface area (Å²) in [5, 5.41) is 28.4. The lowest BCUT2D eigenvalue weighted by atomic mass is 10.1. The molecule has 4 heterocycles. The first kappa shape index (κ1) is 35.6. The molecule has 0 bridgehead atoms. The summed E-state index contributed by atoms with van der Waals surface area (Å²) >= 11 is 0. The molecule has 48 heavy (non-hydrogen) atoms. The minimum Gasteiger partial charge on any atom is -0.384 e. The van der Waals surface area contributed by atoms with Crippen molar-refractivity contribution in [1.29, 1.82) is 0 Å². The van der Waals surface area contributed by atoms with Gasteiger partial charge in [0, 0.05) is 63.4 Å². The molecule has 0 saturated carbocycles. The van der Waals surface area contributed by atoms with Crippen LogP contribution in [-0.2, 0) is 19.8 Å². The molecule has 5 N–H and O–H groups in total. The van der Waals surface area contributed by atoms with Gasteiger partial charge in [-0.3, -0.25) is 4.90 Å². The van der Waals surface area contributed by atoms with Crippen molar-refractivity contribution in [2.24, 2.45) is 5.73 Å². The second-order valence-corrected chi connectivity index (χ2v) is 12.1. The van der Waals surface area contributed by atoms with E-state index in [1.807, 2.05) is 24.3 Å². The third kappa shape index (κ3) is 9.24. The van der Waals surface area contributed by atoms with Gasteiger partial charge in [0.15, 0.2) is 12.0 Å². The Bertz CT molecular complexity index is 1450. The lowest BCUT2D eigenvalue weighted by Gasteiger charge is -2.36. The summed E-state index contributed by atoms with van der Waals surface area (Å²) in [6, 6.07) is 13.6. The summed E-state index contributed by atoms with van der Waals surface area (Å²) < 4.78 is 16.5. The molecule has 2 aliphatic heterocycles. The van der Waals surface area contributed by atoms with Gasteiger partial charge >= 0.3 is 0 Å². The SMILES string of the molecule is C=CCN1C(O)c2cnc(Nc3ccc(N4CCN(CCOCCOCCOCCN)CC4)cc3)nc2N1c1cccc(C(C)(C)O)n1. The predicted molar refractivity (Wildman–Crippen MR) is 185 cm³/mol. The van der Waals surface area contributed by atoms with Crippen LogP contribution in [0.5, 0.6) is 0 Å². The molecular weight excluding hydrogens is 614 g/mol. The summed E-state index contributed by atoms with van der Waals surface area (Å²) in [7, 11) is 0. The molecule has 14 nitrogen and oxygen atoms in total. The molecule has 1 fully saturated rings. The minimum absolute atomic E-state index is 0.348. The van der Waals surface area contributed by atoms with Crippen LogP contribution in [0.4, 0.5) is 29.0 Å². The number of nitrogens with one attached hydrogen (secondary N) is 1. The van der Waals surface area contributed by atoms with E-state index >= 15 is 0 Å². The highest BCUT2D eigenvalue weighted by molar-refractivity contribution is 5.66. The molecule has 0 amide bonds. The fraction of sp³-hybridized carbons (Fsp3) is 0.500. The van der Waals surface area contributed by atoms with Crippen molar-refractivity contribution in [2.45, 2.75) is 25.7 Å². The molecule has 1 atom stereocenters. The summed E-state index contributed by atoms with van der Waals surface area (Å²) in [5.74, 6) is 1.40. The monoisotopic (exact) mass is 663 g/mol. The number of aliphatic hydroxyl groups excluding tert-OH is 1. The summed E-state index contributed by atoms with van der Waals surface area (Å²) in [6.07, 6.45) is 2.34. The molecular formula is C34H49N9O5. The maximum atomic E-state index is 11.1. The molecule has 0 radical (unpaired) electrons. The van der Waals surface area contributed by atoms with E-state index in [4.69, 9.17) is 24.9 Å². The molecule has 3 aromatic rings. The first-order chi connectivity index (χ1) is 23.3. The van der Waals surface area contributed by atoms with E-state index in [2.05, 4.69) is 43.8 Å². The van der Waals surface area contributed by atoms with Crippen LogP contribution in [0.3, 0.4) is 0 Å². The maximum Gasteiger partial charge on any atom is 0.229 e. The lowest BCUT2D eigenvalue weighted by molar-refractivity contribution is 0.0116. The van der Waals surface area contributed by atoms with Crippen LogP contribution in [0.2, 0.25) is 0 Å². The fourth-order valence-corrected chi connectivity index (χ4v) is 5.55. The maximum absolute atomic E-state index is 11.1. The van der Waals surface area contributed by atoms with Gasteiger partial charge in [0.1, 0.15) is 11.4 Å². The third-order valence-electron chi connectivity index (χ3n) is 8.13. The first-order valence-electron chi connectivity index (χ1n) is 16.5. The number of anilines is 5. The summed E-state index contributed by atoms with van der Waals surface area (Å²) in [4.78, 5) is 18.8. The summed E-state index contributed by atoms with van der Waals surface area (Å²) in [6.45, 7) is 16.3. The Morgan fingerprint density at radius 1 is 0.958 bits per heavy atom. The Kier molecular flexibility index (Phi) is 12.7. The number of hydrogen-bond acceptors (Lipinski definition) is 14. The number of aliphatic hydroxyl groups is 2. The van der Waals surface area contributed by atoms with Gasteiger partial charge in [0.2, 0.25) is 5.95 Å². The number of pyridine rings is 1. The van der Waals surface area contributed by atoms with Gasteiger partial charge in [-0.15, -0.1) is 6.58 Å². The first-order valence-corrected chi connectivity index (χ1v) is 16.5. The number of fused-ring (bicyclic) bond motifs is 1. The van der Waals surface area contributed by atoms with Gasteiger partial charge in [-0.2, -0.15) is 9.99 Å². The zero-order valence-corrected chi connectivity index (χ0v) is 28.0. The largest absolute Gasteiger partial charge is 0.384 e. The average molecular weight is 664 g/mol. The highest BCUT2D eigenvalue weighted by Crippen LogP contribution is 2.41. The average Bonchev–Trinajstić information content (AvgIpc) is 3.36. The zero-order chi connectivity index (χ0) is 33.9. The molecule has 0 spiro atoms. The number of nitrogens with zero attached hydrogens (tertiary/aromatic N) is 7. The van der Waals surface area contributed by atoms with Crippen LogP contribution >= 0.6 is 0 Å². The Balaban J connectivity index is 1.13. The predicted octanol–water partition coefficient (Wildman–Crippen LogP) is 2.52. The quantitative estimate of drug-likeness (QED) is 0.116. The number of nitrogens with two attached hydrogens (primary N) is 1. The highest BCUT2D eigenvalue weighted by atomic mass is 16.5. The number of rotatable bonds is 18. The minimum atomic E-state index is -1.13. The van der Waals surface area contributed by atoms with E-state index < -0.39 is 11.8 Å². The number of hydrazine groups is 1. The second kappa shape index (κ2) is 17.1. The smallest absolute Gasteiger partial charge is 0.229 e. The van der Waals surface area contributed by atoms with Gasteiger partial charge < -0.3 is 40.4 Å². The van der Waals surface area contributed by atoms with Crippen LogP contribution in [0.15, 0.2) is 61.3 Å². The molecule has 1 aromatic carbocycles. The number of piperazine rings is 1. The molecule has 2 aliphatic rings. The standard InChI is InChI=1S/C34H49N9O5/c1-4-13-42-32(44)28-25-36-33(39-31(28)43(42)30-7-5-6-29(38-30)34(2,3)45)37-26-8-10-27(11-9-26)41-16-14-40(15-17-41)18-20-47-22-24-48-23-21-46-19-12-35/h4-11,25,32,44-45H,1,12-24,35H2,2-3H3,(H,36,37,39). The van der Waals surface area contributed by atoms with E-state index in [-0.39, 0.29) is 0 Å². The number of hydrogen-bond donors (Lipinski definition) is 4. The lowest BCUT2D eigenvalue weighted by Crippen LogP contribution is -2.47. The molecule has 0 aliphatic carbocycles. The van der Waals surface area contributed by atoms with E-state index in [0.29, 0.717) is 81.6 Å². The number of benzene rings is 1. The van der Waals surface area contributed by atoms with Crippen LogP contribution in [0, 0.1) is 0 Å². The topological polar surface area (TPSA) is 158 Å². The Morgan fingerprint density at radius 3 is 2.31 bits per heavy atom. The van der Waals surface area contributed by atoms with Crippen molar-refractivity contribution in [1.82, 2.24) is 24.9 Å². The Morgan fingerprint density at radius 2 is 1.65 bits per heavy atom. The van der Waals surface area contributed by atoms with Crippen molar-refractivity contribution in [2.75, 3.05) is 101 Å². The van der Waals surface area contributed by atoms with Crippen LogP contribution in [-0.4, -0.2) is 121 Å². The van der Waals surface area contributed by atoms with Crippen LogP contribution in [0.25, 0.3) is 0 Å². The Hall–Kier alpha value is -3.73. The van der Waals surface area contributed by atoms with E-state index in [9.17, 15) is 10.2 Å². The number of ether oxygens (including phenoxy) is 3. The molecule has 5 rings (SSSR count). The van der Waals surface area contributed by atoms with E-state index in [1.54, 1.807) is 42.2 Å². The van der Waals surface area contributed by atoms with E-state index in [0.717, 1.165) is 44.1 Å². The van der Waals surface area contributed by atoms with Crippen molar-refractivity contribution in [3.05, 3.63) is 72.6 Å². The highest BCUT2D eigenvalue weighted by Gasteiger charge is 2.39. The van der Waals surface area contributed by atoms with Crippen molar-refractivity contribution >= 4 is 29.0 Å². The van der Waals surface area contributed by atoms with Gasteiger partial charge in [0.05, 0.1) is 50.9 Å². The molecule has 1 unspecified atom stereocenters. The normalized spacial score (nSPS) is 17.1.